The van der Waals surface area contributed by atoms with Gasteiger partial charge in [0.05, 0.1) is 6.10 Å². The third-order valence-corrected chi connectivity index (χ3v) is 2.20. The number of nitrogens with zero attached hydrogens (tertiary/aromatic N) is 1. The molecule has 0 aliphatic heterocycles. The molecule has 1 N–H and O–H groups in total. The molecule has 0 saturated carbocycles. The van der Waals surface area contributed by atoms with Gasteiger partial charge in [-0.05, 0) is 19.2 Å². The van der Waals surface area contributed by atoms with Gasteiger partial charge >= 0.3 is 0 Å². The number of pyridine rings is 1. The maximum atomic E-state index is 13.3. The first-order valence-corrected chi connectivity index (χ1v) is 4.75. The Morgan fingerprint density at radius 2 is 2.33 bits per heavy atom. The zero-order chi connectivity index (χ0) is 9.14. The Morgan fingerprint density at radius 1 is 1.67 bits per heavy atom. The summed E-state index contributed by atoms with van der Waals surface area (Å²) in [6, 6.07) is 1.49. The Labute approximate surface area is 74.8 Å². The average molecular weight is 187 g/mol. The van der Waals surface area contributed by atoms with Crippen LogP contribution < -0.4 is 0 Å². The molecule has 4 heteroatoms. The molecule has 0 spiro atoms. The highest BCUT2D eigenvalue weighted by Gasteiger charge is 2.11. The van der Waals surface area contributed by atoms with Crippen molar-refractivity contribution in [2.45, 2.75) is 18.1 Å². The van der Waals surface area contributed by atoms with E-state index in [1.807, 2.05) is 0 Å². The second-order valence-electron chi connectivity index (χ2n) is 2.40. The van der Waals surface area contributed by atoms with E-state index >= 15 is 0 Å². The molecule has 0 aliphatic carbocycles. The molecule has 0 radical (unpaired) electrons. The van der Waals surface area contributed by atoms with E-state index in [1.54, 1.807) is 6.26 Å². The molecule has 0 fully saturated rings. The van der Waals surface area contributed by atoms with Crippen LogP contribution >= 0.6 is 11.8 Å². The van der Waals surface area contributed by atoms with Gasteiger partial charge in [0.1, 0.15) is 5.03 Å². The van der Waals surface area contributed by atoms with E-state index < -0.39 is 11.9 Å². The van der Waals surface area contributed by atoms with Crippen molar-refractivity contribution >= 4 is 11.8 Å². The highest BCUT2D eigenvalue weighted by atomic mass is 32.2. The van der Waals surface area contributed by atoms with Crippen molar-refractivity contribution in [3.63, 3.8) is 0 Å². The minimum absolute atomic E-state index is 0.300. The van der Waals surface area contributed by atoms with Crippen LogP contribution in [0.3, 0.4) is 0 Å². The van der Waals surface area contributed by atoms with Crippen molar-refractivity contribution in [1.82, 2.24) is 4.98 Å². The van der Waals surface area contributed by atoms with Gasteiger partial charge in [-0.2, -0.15) is 0 Å². The Bertz CT molecular complexity index is 278. The molecule has 1 aromatic rings. The van der Waals surface area contributed by atoms with Crippen LogP contribution in [-0.2, 0) is 0 Å². The van der Waals surface area contributed by atoms with Gasteiger partial charge in [0.25, 0.3) is 0 Å². The number of thioether (sulfide) groups is 1. The molecular weight excluding hydrogens is 177 g/mol. The topological polar surface area (TPSA) is 33.1 Å². The smallest absolute Gasteiger partial charge is 0.161 e. The first-order valence-electron chi connectivity index (χ1n) is 3.53. The largest absolute Gasteiger partial charge is 0.389 e. The van der Waals surface area contributed by atoms with Gasteiger partial charge in [0, 0.05) is 11.8 Å². The van der Waals surface area contributed by atoms with Crippen LogP contribution in [0, 0.1) is 5.82 Å². The van der Waals surface area contributed by atoms with Gasteiger partial charge in [0.15, 0.2) is 5.82 Å². The summed E-state index contributed by atoms with van der Waals surface area (Å²) in [5.41, 5.74) is 0.300. The van der Waals surface area contributed by atoms with Crippen LogP contribution in [0.5, 0.6) is 0 Å². The maximum absolute atomic E-state index is 13.3. The summed E-state index contributed by atoms with van der Waals surface area (Å²) in [7, 11) is 0. The summed E-state index contributed by atoms with van der Waals surface area (Å²) in [6.07, 6.45) is 2.47. The van der Waals surface area contributed by atoms with Gasteiger partial charge < -0.3 is 5.11 Å². The van der Waals surface area contributed by atoms with Crippen molar-refractivity contribution in [1.29, 1.82) is 0 Å². The second-order valence-corrected chi connectivity index (χ2v) is 3.19. The molecule has 0 aromatic carbocycles. The normalized spacial score (nSPS) is 13.0. The molecule has 1 heterocycles. The number of aliphatic hydroxyl groups is 1. The van der Waals surface area contributed by atoms with E-state index in [2.05, 4.69) is 4.98 Å². The molecule has 2 nitrogen and oxygen atoms in total. The summed E-state index contributed by atoms with van der Waals surface area (Å²) in [6.45, 7) is 1.53. The zero-order valence-electron chi connectivity index (χ0n) is 6.91. The van der Waals surface area contributed by atoms with E-state index in [1.165, 1.54) is 30.9 Å². The molecule has 66 valence electrons. The van der Waals surface area contributed by atoms with E-state index in [0.717, 1.165) is 0 Å². The predicted molar refractivity (Wildman–Crippen MR) is 46.6 cm³/mol. The van der Waals surface area contributed by atoms with E-state index in [-0.39, 0.29) is 0 Å². The maximum Gasteiger partial charge on any atom is 0.161 e. The summed E-state index contributed by atoms with van der Waals surface area (Å²) in [5.74, 6) is -0.417. The summed E-state index contributed by atoms with van der Waals surface area (Å²) in [5, 5.41) is 9.47. The molecule has 1 unspecified atom stereocenters. The van der Waals surface area contributed by atoms with Crippen LogP contribution in [0.15, 0.2) is 17.3 Å². The van der Waals surface area contributed by atoms with Gasteiger partial charge in [-0.1, -0.05) is 0 Å². The van der Waals surface area contributed by atoms with Gasteiger partial charge in [-0.25, -0.2) is 9.37 Å². The van der Waals surface area contributed by atoms with Gasteiger partial charge in [0.2, 0.25) is 0 Å². The molecule has 1 aromatic heterocycles. The molecular formula is C8H10FNOS. The third-order valence-electron chi connectivity index (χ3n) is 1.53. The van der Waals surface area contributed by atoms with Crippen LogP contribution in [0.1, 0.15) is 18.6 Å². The standard InChI is InChI=1S/C8H10FNOS/c1-5(11)6-3-4-10-8(12-2)7(6)9/h3-5,11H,1-2H3. The number of aliphatic hydroxyl groups excluding tert-OH is 1. The molecule has 12 heavy (non-hydrogen) atoms. The number of aromatic nitrogens is 1. The minimum atomic E-state index is -0.779. The van der Waals surface area contributed by atoms with Gasteiger partial charge in [-0.3, -0.25) is 0 Å². The summed E-state index contributed by atoms with van der Waals surface area (Å²) >= 11 is 1.23. The fraction of sp³-hybridized carbons (Fsp3) is 0.375. The van der Waals surface area contributed by atoms with Crippen molar-refractivity contribution in [3.05, 3.63) is 23.6 Å². The highest BCUT2D eigenvalue weighted by molar-refractivity contribution is 7.98. The first-order chi connectivity index (χ1) is 5.66. The Balaban J connectivity index is 3.14. The quantitative estimate of drug-likeness (QED) is 0.719. The second kappa shape index (κ2) is 3.87. The van der Waals surface area contributed by atoms with E-state index in [0.29, 0.717) is 10.6 Å². The number of rotatable bonds is 2. The van der Waals surface area contributed by atoms with Crippen LogP contribution in [0.25, 0.3) is 0 Å². The van der Waals surface area contributed by atoms with Crippen molar-refractivity contribution < 1.29 is 9.50 Å². The molecule has 0 amide bonds. The average Bonchev–Trinajstić information content (AvgIpc) is 2.04. The lowest BCUT2D eigenvalue weighted by molar-refractivity contribution is 0.193. The summed E-state index contributed by atoms with van der Waals surface area (Å²) < 4.78 is 13.3. The Morgan fingerprint density at radius 3 is 2.83 bits per heavy atom. The van der Waals surface area contributed by atoms with Crippen LogP contribution in [0.2, 0.25) is 0 Å². The van der Waals surface area contributed by atoms with Crippen LogP contribution in [0.4, 0.5) is 4.39 Å². The first kappa shape index (κ1) is 9.48. The fourth-order valence-electron chi connectivity index (χ4n) is 0.904. The number of hydrogen-bond acceptors (Lipinski definition) is 3. The zero-order valence-corrected chi connectivity index (χ0v) is 7.73. The molecule has 0 bridgehead atoms. The Hall–Kier alpha value is -0.610. The van der Waals surface area contributed by atoms with E-state index in [4.69, 9.17) is 5.11 Å². The fourth-order valence-corrected chi connectivity index (χ4v) is 1.37. The lowest BCUT2D eigenvalue weighted by atomic mass is 10.2. The summed E-state index contributed by atoms with van der Waals surface area (Å²) in [4.78, 5) is 3.82. The SMILES string of the molecule is CSc1nccc(C(C)O)c1F. The number of hydrogen-bond donors (Lipinski definition) is 1. The predicted octanol–water partition coefficient (Wildman–Crippen LogP) is 2.00. The van der Waals surface area contributed by atoms with Gasteiger partial charge in [-0.15, -0.1) is 11.8 Å². The molecule has 0 aliphatic rings. The van der Waals surface area contributed by atoms with Crippen molar-refractivity contribution in [3.8, 4) is 0 Å². The van der Waals surface area contributed by atoms with Crippen molar-refractivity contribution in [2.75, 3.05) is 6.26 Å². The number of halogens is 1. The molecule has 1 atom stereocenters. The van der Waals surface area contributed by atoms with E-state index in [9.17, 15) is 4.39 Å². The monoisotopic (exact) mass is 187 g/mol. The minimum Gasteiger partial charge on any atom is -0.389 e. The highest BCUT2D eigenvalue weighted by Crippen LogP contribution is 2.22. The third kappa shape index (κ3) is 1.76. The molecule has 0 saturated heterocycles. The van der Waals surface area contributed by atoms with Crippen LogP contribution in [-0.4, -0.2) is 16.3 Å². The Kier molecular flexibility index (Phi) is 3.05. The lowest BCUT2D eigenvalue weighted by Gasteiger charge is -2.07. The lowest BCUT2D eigenvalue weighted by Crippen LogP contribution is -1.98. The van der Waals surface area contributed by atoms with Crippen molar-refractivity contribution in [2.24, 2.45) is 0 Å². The molecule has 1 rings (SSSR count).